The minimum atomic E-state index is -1.90. The van der Waals surface area contributed by atoms with Crippen LogP contribution in [0.4, 0.5) is 0 Å². The predicted molar refractivity (Wildman–Crippen MR) is 77.7 cm³/mol. The van der Waals surface area contributed by atoms with Crippen LogP contribution in [0.5, 0.6) is 0 Å². The lowest BCUT2D eigenvalue weighted by Gasteiger charge is -2.48. The molecule has 110 valence electrons. The molecule has 4 nitrogen and oxygen atoms in total. The summed E-state index contributed by atoms with van der Waals surface area (Å²) in [6.45, 7) is 9.24. The molecule has 1 unspecified atom stereocenters. The Balaban J connectivity index is 3.04. The fourth-order valence-corrected chi connectivity index (χ4v) is 6.70. The molecule has 1 saturated heterocycles. The van der Waals surface area contributed by atoms with Crippen LogP contribution in [0.25, 0.3) is 0 Å². The van der Waals surface area contributed by atoms with Gasteiger partial charge in [0.1, 0.15) is 0 Å². The minimum absolute atomic E-state index is 0.178. The van der Waals surface area contributed by atoms with Crippen LogP contribution in [-0.4, -0.2) is 44.7 Å². The van der Waals surface area contributed by atoms with Gasteiger partial charge in [0.25, 0.3) is 0 Å². The van der Waals surface area contributed by atoms with Gasteiger partial charge in [-0.05, 0) is 25.7 Å². The zero-order valence-corrected chi connectivity index (χ0v) is 13.3. The highest BCUT2D eigenvalue weighted by Crippen LogP contribution is 2.42. The lowest BCUT2D eigenvalue weighted by Crippen LogP contribution is -2.60. The summed E-state index contributed by atoms with van der Waals surface area (Å²) in [5, 5.41) is 8.54. The summed E-state index contributed by atoms with van der Waals surface area (Å²) in [5.41, 5.74) is 0.462. The van der Waals surface area contributed by atoms with Gasteiger partial charge in [0.15, 0.2) is 0 Å². The van der Waals surface area contributed by atoms with Crippen LogP contribution in [0.2, 0.25) is 19.1 Å². The normalized spacial score (nSPS) is 24.0. The number of rotatable bonds is 6. The molecular weight excluding hydrogens is 260 g/mol. The third-order valence-corrected chi connectivity index (χ3v) is 8.73. The van der Waals surface area contributed by atoms with Crippen LogP contribution in [0, 0.1) is 0 Å². The molecule has 1 aliphatic heterocycles. The average molecular weight is 286 g/mol. The highest BCUT2D eigenvalue weighted by molar-refractivity contribution is 6.81. The maximum atomic E-state index is 11.9. The van der Waals surface area contributed by atoms with Gasteiger partial charge in [0.05, 0.1) is 26.0 Å². The molecule has 0 bridgehead atoms. The van der Waals surface area contributed by atoms with E-state index in [4.69, 9.17) is 14.6 Å². The maximum absolute atomic E-state index is 11.9. The van der Waals surface area contributed by atoms with Crippen LogP contribution < -0.4 is 0 Å². The Morgan fingerprint density at radius 3 is 2.63 bits per heavy atom. The Hall–Kier alpha value is -0.653. The van der Waals surface area contributed by atoms with Gasteiger partial charge in [0.2, 0.25) is 0 Å². The van der Waals surface area contributed by atoms with Crippen molar-refractivity contribution in [3.8, 4) is 0 Å². The van der Waals surface area contributed by atoms with Gasteiger partial charge < -0.3 is 14.6 Å². The quantitative estimate of drug-likeness (QED) is 0.462. The molecule has 1 rings (SSSR count). The first-order chi connectivity index (χ1) is 8.91. The highest BCUT2D eigenvalue weighted by Gasteiger charge is 2.52. The Morgan fingerprint density at radius 1 is 1.47 bits per heavy atom. The van der Waals surface area contributed by atoms with Gasteiger partial charge >= 0.3 is 5.97 Å². The summed E-state index contributed by atoms with van der Waals surface area (Å²) in [6, 6.07) is 0.916. The van der Waals surface area contributed by atoms with E-state index in [2.05, 4.69) is 19.7 Å². The van der Waals surface area contributed by atoms with Gasteiger partial charge in [0, 0.05) is 13.2 Å². The van der Waals surface area contributed by atoms with Crippen molar-refractivity contribution >= 4 is 14.0 Å². The van der Waals surface area contributed by atoms with Gasteiger partial charge in [-0.15, -0.1) is 0 Å². The maximum Gasteiger partial charge on any atom is 0.335 e. The van der Waals surface area contributed by atoms with E-state index in [-0.39, 0.29) is 12.6 Å². The number of hydrogen-bond donors (Lipinski definition) is 1. The second kappa shape index (κ2) is 6.68. The van der Waals surface area contributed by atoms with Crippen LogP contribution in [0.3, 0.4) is 0 Å². The fourth-order valence-electron chi connectivity index (χ4n) is 2.99. The number of methoxy groups -OCH3 is 1. The van der Waals surface area contributed by atoms with Crippen molar-refractivity contribution in [2.75, 3.05) is 20.3 Å². The Labute approximate surface area is 116 Å². The van der Waals surface area contributed by atoms with Crippen molar-refractivity contribution in [1.29, 1.82) is 0 Å². The van der Waals surface area contributed by atoms with E-state index >= 15 is 0 Å². The minimum Gasteiger partial charge on any atom is -0.466 e. The second-order valence-corrected chi connectivity index (χ2v) is 10.9. The molecule has 19 heavy (non-hydrogen) atoms. The first-order valence-corrected chi connectivity index (χ1v) is 10.1. The Morgan fingerprint density at radius 2 is 2.16 bits per heavy atom. The summed E-state index contributed by atoms with van der Waals surface area (Å²) >= 11 is 0. The number of aliphatic hydroxyl groups excluding tert-OH is 1. The van der Waals surface area contributed by atoms with E-state index < -0.39 is 13.3 Å². The van der Waals surface area contributed by atoms with Crippen LogP contribution in [0.1, 0.15) is 25.7 Å². The largest absolute Gasteiger partial charge is 0.466 e. The molecule has 0 aliphatic carbocycles. The molecule has 1 fully saturated rings. The van der Waals surface area contributed by atoms with Crippen LogP contribution in [0.15, 0.2) is 12.2 Å². The van der Waals surface area contributed by atoms with E-state index in [1.807, 2.05) is 0 Å². The first kappa shape index (κ1) is 16.4. The predicted octanol–water partition coefficient (Wildman–Crippen LogP) is 2.28. The SMILES string of the molecule is C=C(C(=O)OC)C1([Si](C)(C)CCCO)CCCCO1. The molecule has 1 N–H and O–H groups in total. The molecular formula is C14H26O4Si. The summed E-state index contributed by atoms with van der Waals surface area (Å²) in [7, 11) is -0.517. The summed E-state index contributed by atoms with van der Waals surface area (Å²) in [5.74, 6) is -0.369. The van der Waals surface area contributed by atoms with Crippen molar-refractivity contribution in [3.05, 3.63) is 12.2 Å². The van der Waals surface area contributed by atoms with E-state index in [1.54, 1.807) is 0 Å². The van der Waals surface area contributed by atoms with Gasteiger partial charge in [-0.3, -0.25) is 0 Å². The average Bonchev–Trinajstić information content (AvgIpc) is 2.44. The van der Waals surface area contributed by atoms with E-state index in [0.717, 1.165) is 31.7 Å². The van der Waals surface area contributed by atoms with Gasteiger partial charge in [-0.1, -0.05) is 25.7 Å². The van der Waals surface area contributed by atoms with Crippen molar-refractivity contribution in [3.63, 3.8) is 0 Å². The number of hydrogen-bond acceptors (Lipinski definition) is 4. The van der Waals surface area contributed by atoms with Crippen molar-refractivity contribution in [1.82, 2.24) is 0 Å². The zero-order chi connectivity index (χ0) is 14.5. The highest BCUT2D eigenvalue weighted by atomic mass is 28.3. The fraction of sp³-hybridized carbons (Fsp3) is 0.786. The lowest BCUT2D eigenvalue weighted by molar-refractivity contribution is -0.139. The molecule has 1 aliphatic rings. The number of aliphatic hydroxyl groups is 1. The molecule has 1 atom stereocenters. The lowest BCUT2D eigenvalue weighted by atomic mass is 10.0. The Kier molecular flexibility index (Phi) is 5.76. The van der Waals surface area contributed by atoms with E-state index in [0.29, 0.717) is 12.2 Å². The molecule has 1 heterocycles. The monoisotopic (exact) mass is 286 g/mol. The zero-order valence-electron chi connectivity index (χ0n) is 12.3. The van der Waals surface area contributed by atoms with Crippen molar-refractivity contribution in [2.45, 2.75) is 50.0 Å². The van der Waals surface area contributed by atoms with Crippen molar-refractivity contribution < 1.29 is 19.4 Å². The number of carbonyl (C=O) groups is 1. The smallest absolute Gasteiger partial charge is 0.335 e. The third kappa shape index (κ3) is 3.27. The second-order valence-electron chi connectivity index (χ2n) is 5.81. The summed E-state index contributed by atoms with van der Waals surface area (Å²) in [6.07, 6.45) is 3.66. The molecule has 0 radical (unpaired) electrons. The molecule has 5 heteroatoms. The van der Waals surface area contributed by atoms with Gasteiger partial charge in [-0.2, -0.15) is 0 Å². The van der Waals surface area contributed by atoms with Gasteiger partial charge in [-0.25, -0.2) is 4.79 Å². The number of esters is 1. The van der Waals surface area contributed by atoms with Crippen LogP contribution >= 0.6 is 0 Å². The Bertz CT molecular complexity index is 332. The number of carbonyl (C=O) groups excluding carboxylic acids is 1. The molecule has 0 saturated carbocycles. The van der Waals surface area contributed by atoms with E-state index in [9.17, 15) is 4.79 Å². The summed E-state index contributed by atoms with van der Waals surface area (Å²) in [4.78, 5) is 11.9. The molecule has 0 aromatic carbocycles. The topological polar surface area (TPSA) is 55.8 Å². The molecule has 0 aromatic rings. The molecule has 0 aromatic heterocycles. The van der Waals surface area contributed by atoms with E-state index in [1.165, 1.54) is 7.11 Å². The molecule has 0 spiro atoms. The van der Waals surface area contributed by atoms with Crippen LogP contribution in [-0.2, 0) is 14.3 Å². The summed E-state index contributed by atoms with van der Waals surface area (Å²) < 4.78 is 10.9. The third-order valence-electron chi connectivity index (χ3n) is 4.24. The first-order valence-electron chi connectivity index (χ1n) is 6.94. The molecule has 0 amide bonds. The van der Waals surface area contributed by atoms with Crippen molar-refractivity contribution in [2.24, 2.45) is 0 Å². The number of ether oxygens (including phenoxy) is 2. The standard InChI is InChI=1S/C14H26O4Si/c1-12(13(16)17-2)14(8-5-6-10-18-14)19(3,4)11-7-9-15/h15H,1,5-11H2,2-4H3.